The summed E-state index contributed by atoms with van der Waals surface area (Å²) in [4.78, 5) is 0. The highest BCUT2D eigenvalue weighted by atomic mass is 32.1. The molecule has 138 valence electrons. The minimum absolute atomic E-state index is 0.217. The normalized spacial score (nSPS) is 15.2. The van der Waals surface area contributed by atoms with Gasteiger partial charge in [-0.3, -0.25) is 0 Å². The molecule has 1 heterocycles. The second kappa shape index (κ2) is 7.96. The molecular formula is C21H26N2O2S. The number of hydrogen-bond donors (Lipinski definition) is 2. The number of thiocarbonyl (C=S) groups is 1. The van der Waals surface area contributed by atoms with Crippen molar-refractivity contribution in [1.82, 2.24) is 5.32 Å². The predicted octanol–water partition coefficient (Wildman–Crippen LogP) is 4.51. The number of rotatable bonds is 5. The Kier molecular flexibility index (Phi) is 5.67. The van der Waals surface area contributed by atoms with Gasteiger partial charge in [-0.2, -0.15) is 0 Å². The van der Waals surface area contributed by atoms with Crippen molar-refractivity contribution < 1.29 is 9.47 Å². The van der Waals surface area contributed by atoms with Gasteiger partial charge in [0, 0.05) is 29.8 Å². The SMILES string of the molecule is CCOc1cc2c(cc1CNC(=S)Nc1cc(C)ccc1C)O[C@@H](C)C2. The Hall–Kier alpha value is -2.27. The standard InChI is InChI=1S/C21H26N2O2S/c1-5-24-19-10-16-9-15(4)25-20(16)11-17(19)12-22-21(26)23-18-8-13(2)6-7-14(18)3/h6-8,10-11,15H,5,9,12H2,1-4H3,(H2,22,23,26)/t15-/m0/s1. The summed E-state index contributed by atoms with van der Waals surface area (Å²) in [7, 11) is 0. The Labute approximate surface area is 160 Å². The van der Waals surface area contributed by atoms with E-state index in [-0.39, 0.29) is 6.10 Å². The number of benzene rings is 2. The maximum absolute atomic E-state index is 5.88. The third-order valence-corrected chi connectivity index (χ3v) is 4.71. The van der Waals surface area contributed by atoms with Crippen LogP contribution in [-0.2, 0) is 13.0 Å². The van der Waals surface area contributed by atoms with Crippen LogP contribution in [0.4, 0.5) is 5.69 Å². The number of hydrogen-bond acceptors (Lipinski definition) is 3. The van der Waals surface area contributed by atoms with Gasteiger partial charge < -0.3 is 20.1 Å². The van der Waals surface area contributed by atoms with Gasteiger partial charge in [0.15, 0.2) is 5.11 Å². The Morgan fingerprint density at radius 3 is 2.85 bits per heavy atom. The van der Waals surface area contributed by atoms with E-state index in [9.17, 15) is 0 Å². The van der Waals surface area contributed by atoms with E-state index >= 15 is 0 Å². The molecule has 0 radical (unpaired) electrons. The molecule has 1 atom stereocenters. The van der Waals surface area contributed by atoms with Gasteiger partial charge >= 0.3 is 0 Å². The van der Waals surface area contributed by atoms with E-state index in [1.165, 1.54) is 11.1 Å². The van der Waals surface area contributed by atoms with Gasteiger partial charge in [0.2, 0.25) is 0 Å². The quantitative estimate of drug-likeness (QED) is 0.758. The molecule has 2 N–H and O–H groups in total. The van der Waals surface area contributed by atoms with Crippen molar-refractivity contribution in [3.8, 4) is 11.5 Å². The summed E-state index contributed by atoms with van der Waals surface area (Å²) in [6.45, 7) is 9.43. The first-order valence-electron chi connectivity index (χ1n) is 9.03. The van der Waals surface area contributed by atoms with Crippen LogP contribution in [-0.4, -0.2) is 17.8 Å². The van der Waals surface area contributed by atoms with E-state index in [1.807, 2.05) is 6.92 Å². The van der Waals surface area contributed by atoms with Crippen LogP contribution < -0.4 is 20.1 Å². The van der Waals surface area contributed by atoms with E-state index in [2.05, 4.69) is 61.7 Å². The fraction of sp³-hybridized carbons (Fsp3) is 0.381. The van der Waals surface area contributed by atoms with Crippen molar-refractivity contribution in [3.05, 3.63) is 52.6 Å². The molecule has 3 rings (SSSR count). The molecule has 0 spiro atoms. The van der Waals surface area contributed by atoms with E-state index in [0.717, 1.165) is 34.7 Å². The van der Waals surface area contributed by atoms with E-state index < -0.39 is 0 Å². The molecule has 1 aliphatic heterocycles. The molecule has 0 bridgehead atoms. The summed E-state index contributed by atoms with van der Waals surface area (Å²) < 4.78 is 11.7. The van der Waals surface area contributed by atoms with Crippen LogP contribution in [0.1, 0.15) is 36.1 Å². The number of ether oxygens (including phenoxy) is 2. The third kappa shape index (κ3) is 4.28. The molecule has 5 heteroatoms. The van der Waals surface area contributed by atoms with Gasteiger partial charge in [0.05, 0.1) is 6.61 Å². The Morgan fingerprint density at radius 2 is 2.08 bits per heavy atom. The zero-order valence-corrected chi connectivity index (χ0v) is 16.6. The van der Waals surface area contributed by atoms with Crippen molar-refractivity contribution in [2.24, 2.45) is 0 Å². The van der Waals surface area contributed by atoms with Gasteiger partial charge in [-0.05, 0) is 69.2 Å². The second-order valence-corrected chi connectivity index (χ2v) is 7.17. The largest absolute Gasteiger partial charge is 0.494 e. The van der Waals surface area contributed by atoms with Gasteiger partial charge in [-0.25, -0.2) is 0 Å². The summed E-state index contributed by atoms with van der Waals surface area (Å²) in [5.74, 6) is 1.84. The molecule has 4 nitrogen and oxygen atoms in total. The minimum atomic E-state index is 0.217. The Balaban J connectivity index is 1.69. The van der Waals surface area contributed by atoms with Crippen molar-refractivity contribution in [3.63, 3.8) is 0 Å². The molecule has 0 fully saturated rings. The summed E-state index contributed by atoms with van der Waals surface area (Å²) in [6, 6.07) is 10.4. The number of fused-ring (bicyclic) bond motifs is 1. The van der Waals surface area contributed by atoms with E-state index in [0.29, 0.717) is 18.3 Å². The molecular weight excluding hydrogens is 344 g/mol. The summed E-state index contributed by atoms with van der Waals surface area (Å²) in [5, 5.41) is 7.15. The highest BCUT2D eigenvalue weighted by molar-refractivity contribution is 7.80. The maximum atomic E-state index is 5.88. The van der Waals surface area contributed by atoms with Gasteiger partial charge in [0.25, 0.3) is 0 Å². The van der Waals surface area contributed by atoms with Gasteiger partial charge in [0.1, 0.15) is 17.6 Å². The van der Waals surface area contributed by atoms with Crippen LogP contribution in [0, 0.1) is 13.8 Å². The monoisotopic (exact) mass is 370 g/mol. The lowest BCUT2D eigenvalue weighted by molar-refractivity contribution is 0.254. The Bertz CT molecular complexity index is 820. The molecule has 0 unspecified atom stereocenters. The molecule has 0 saturated heterocycles. The van der Waals surface area contributed by atoms with E-state index in [1.54, 1.807) is 0 Å². The van der Waals surface area contributed by atoms with E-state index in [4.69, 9.17) is 21.7 Å². The number of anilines is 1. The lowest BCUT2D eigenvalue weighted by atomic mass is 10.1. The van der Waals surface area contributed by atoms with Crippen molar-refractivity contribution in [1.29, 1.82) is 0 Å². The lowest BCUT2D eigenvalue weighted by Gasteiger charge is -2.16. The van der Waals surface area contributed by atoms with Gasteiger partial charge in [-0.1, -0.05) is 12.1 Å². The fourth-order valence-electron chi connectivity index (χ4n) is 3.12. The molecule has 26 heavy (non-hydrogen) atoms. The average molecular weight is 371 g/mol. The molecule has 2 aromatic rings. The maximum Gasteiger partial charge on any atom is 0.171 e. The first-order valence-corrected chi connectivity index (χ1v) is 9.44. The average Bonchev–Trinajstić information content (AvgIpc) is 2.95. The summed E-state index contributed by atoms with van der Waals surface area (Å²) in [5.41, 5.74) is 5.64. The molecule has 0 aliphatic carbocycles. The van der Waals surface area contributed by atoms with Crippen LogP contribution in [0.15, 0.2) is 30.3 Å². The summed E-state index contributed by atoms with van der Waals surface area (Å²) >= 11 is 5.47. The topological polar surface area (TPSA) is 42.5 Å². The van der Waals surface area contributed by atoms with Crippen LogP contribution in [0.5, 0.6) is 11.5 Å². The highest BCUT2D eigenvalue weighted by Gasteiger charge is 2.21. The van der Waals surface area contributed by atoms with Gasteiger partial charge in [-0.15, -0.1) is 0 Å². The summed E-state index contributed by atoms with van der Waals surface area (Å²) in [6.07, 6.45) is 1.14. The predicted molar refractivity (Wildman–Crippen MR) is 110 cm³/mol. The van der Waals surface area contributed by atoms with Crippen LogP contribution in [0.3, 0.4) is 0 Å². The first kappa shape index (κ1) is 18.5. The first-order chi connectivity index (χ1) is 12.5. The van der Waals surface area contributed by atoms with Crippen molar-refractivity contribution >= 4 is 23.0 Å². The third-order valence-electron chi connectivity index (χ3n) is 4.46. The smallest absolute Gasteiger partial charge is 0.171 e. The number of nitrogens with one attached hydrogen (secondary N) is 2. The molecule has 2 aromatic carbocycles. The zero-order valence-electron chi connectivity index (χ0n) is 15.8. The van der Waals surface area contributed by atoms with Crippen LogP contribution >= 0.6 is 12.2 Å². The molecule has 0 saturated carbocycles. The highest BCUT2D eigenvalue weighted by Crippen LogP contribution is 2.35. The fourth-order valence-corrected chi connectivity index (χ4v) is 3.30. The van der Waals surface area contributed by atoms with Crippen molar-refractivity contribution in [2.75, 3.05) is 11.9 Å². The van der Waals surface area contributed by atoms with Crippen LogP contribution in [0.2, 0.25) is 0 Å². The number of aryl methyl sites for hydroxylation is 2. The molecule has 0 amide bonds. The minimum Gasteiger partial charge on any atom is -0.494 e. The second-order valence-electron chi connectivity index (χ2n) is 6.76. The molecule has 1 aliphatic rings. The lowest BCUT2D eigenvalue weighted by Crippen LogP contribution is -2.28. The Morgan fingerprint density at radius 1 is 1.27 bits per heavy atom. The van der Waals surface area contributed by atoms with Crippen LogP contribution in [0.25, 0.3) is 0 Å². The zero-order chi connectivity index (χ0) is 18.7. The molecule has 0 aromatic heterocycles. The van der Waals surface area contributed by atoms with Crippen molar-refractivity contribution in [2.45, 2.75) is 46.8 Å².